The second-order valence-electron chi connectivity index (χ2n) is 3.17. The molecule has 0 radical (unpaired) electrons. The predicted octanol–water partition coefficient (Wildman–Crippen LogP) is 1.84. The van der Waals surface area contributed by atoms with Gasteiger partial charge in [0.25, 0.3) is 0 Å². The molecule has 4 nitrogen and oxygen atoms in total. The zero-order chi connectivity index (χ0) is 12.3. The van der Waals surface area contributed by atoms with Crippen LogP contribution in [0.25, 0.3) is 0 Å². The number of benzene rings is 1. The number of hydrogen-bond acceptors (Lipinski definition) is 4. The lowest BCUT2D eigenvalue weighted by Crippen LogP contribution is -2.28. The molecule has 1 aromatic rings. The van der Waals surface area contributed by atoms with Crippen LogP contribution in [0.15, 0.2) is 33.6 Å². The molecule has 0 saturated carbocycles. The minimum atomic E-state index is -3.68. The summed E-state index contributed by atoms with van der Waals surface area (Å²) in [5.74, 6) is -0.764. The zero-order valence-electron chi connectivity index (χ0n) is 9.51. The van der Waals surface area contributed by atoms with Crippen LogP contribution in [0.1, 0.15) is 6.92 Å². The fourth-order valence-corrected chi connectivity index (χ4v) is 3.01. The van der Waals surface area contributed by atoms with Gasteiger partial charge in [-0.3, -0.25) is 4.79 Å². The number of rotatable bonds is 3. The van der Waals surface area contributed by atoms with Crippen LogP contribution in [0.2, 0.25) is 0 Å². The fraction of sp³-hybridized carbons (Fsp3) is 0.300. The zero-order valence-corrected chi connectivity index (χ0v) is 13.3. The normalized spacial score (nSPS) is 12.4. The molecule has 0 saturated heterocycles. The van der Waals surface area contributed by atoms with Crippen molar-refractivity contribution in [3.8, 4) is 0 Å². The van der Waals surface area contributed by atoms with Gasteiger partial charge in [-0.25, -0.2) is 8.42 Å². The van der Waals surface area contributed by atoms with Crippen LogP contribution in [0.5, 0.6) is 0 Å². The third-order valence-electron chi connectivity index (χ3n) is 2.12. The van der Waals surface area contributed by atoms with Gasteiger partial charge in [0.2, 0.25) is 0 Å². The summed E-state index contributed by atoms with van der Waals surface area (Å²) in [5, 5.41) is -1.20. The molecule has 0 amide bonds. The van der Waals surface area contributed by atoms with Gasteiger partial charge in [-0.15, -0.1) is 0 Å². The van der Waals surface area contributed by atoms with Crippen LogP contribution in [-0.2, 0) is 19.4 Å². The molecule has 2 atom stereocenters. The van der Waals surface area contributed by atoms with Crippen molar-refractivity contribution in [2.45, 2.75) is 17.1 Å². The number of halogens is 1. The van der Waals surface area contributed by atoms with Crippen molar-refractivity contribution in [3.63, 3.8) is 0 Å². The van der Waals surface area contributed by atoms with Gasteiger partial charge in [0, 0.05) is 4.47 Å². The quantitative estimate of drug-likeness (QED) is 0.622. The highest BCUT2D eigenvalue weighted by atomic mass is 79.9. The van der Waals surface area contributed by atoms with E-state index in [0.717, 1.165) is 7.11 Å². The summed E-state index contributed by atoms with van der Waals surface area (Å²) in [6.45, 7) is 1.31. The summed E-state index contributed by atoms with van der Waals surface area (Å²) in [7, 11) is -2.52. The van der Waals surface area contributed by atoms with Gasteiger partial charge in [-0.2, -0.15) is 9.90 Å². The first kappa shape index (κ1) is 16.6. The Labute approximate surface area is 112 Å². The van der Waals surface area contributed by atoms with Crippen LogP contribution in [0, 0.1) is 0 Å². The minimum absolute atomic E-state index is 0. The summed E-state index contributed by atoms with van der Waals surface area (Å²) in [6.07, 6.45) is 0. The summed E-state index contributed by atoms with van der Waals surface area (Å²) in [4.78, 5) is 11.3. The molecule has 0 aromatic heterocycles. The van der Waals surface area contributed by atoms with Crippen LogP contribution in [-0.4, -0.2) is 26.7 Å². The van der Waals surface area contributed by atoms with E-state index in [1.807, 2.05) is 0 Å². The Morgan fingerprint density at radius 1 is 1.41 bits per heavy atom. The molecule has 0 aliphatic rings. The Kier molecular flexibility index (Phi) is 6.30. The van der Waals surface area contributed by atoms with Crippen molar-refractivity contribution in [2.24, 2.45) is 0 Å². The molecule has 0 bridgehead atoms. The molecule has 96 valence electrons. The molecular weight excluding hydrogens is 327 g/mol. The van der Waals surface area contributed by atoms with Crippen LogP contribution in [0.3, 0.4) is 0 Å². The van der Waals surface area contributed by atoms with E-state index in [-0.39, 0.29) is 14.8 Å². The Balaban J connectivity index is 0.00000256. The predicted molar refractivity (Wildman–Crippen MR) is 73.9 cm³/mol. The van der Waals surface area contributed by atoms with E-state index in [4.69, 9.17) is 0 Å². The standard InChI is InChI=1S/C10H11BrO4S.H3P/c1-7(10(12)15-2)16(13,14)9-5-3-4-8(11)6-9;/h3-7H,1-2H3;1H3. The number of esters is 1. The van der Waals surface area contributed by atoms with Gasteiger partial charge in [0.15, 0.2) is 15.1 Å². The minimum Gasteiger partial charge on any atom is -0.468 e. The molecule has 0 aliphatic heterocycles. The van der Waals surface area contributed by atoms with Gasteiger partial charge in [0.1, 0.15) is 0 Å². The van der Waals surface area contributed by atoms with Crippen molar-refractivity contribution in [1.82, 2.24) is 0 Å². The molecule has 1 rings (SSSR count). The Hall–Kier alpha value is -0.450. The Morgan fingerprint density at radius 3 is 2.47 bits per heavy atom. The lowest BCUT2D eigenvalue weighted by Gasteiger charge is -2.10. The van der Waals surface area contributed by atoms with E-state index in [0.29, 0.717) is 4.47 Å². The van der Waals surface area contributed by atoms with Gasteiger partial charge >= 0.3 is 5.97 Å². The van der Waals surface area contributed by atoms with E-state index >= 15 is 0 Å². The van der Waals surface area contributed by atoms with Crippen molar-refractivity contribution in [3.05, 3.63) is 28.7 Å². The SMILES string of the molecule is COC(=O)C(C)S(=O)(=O)c1cccc(Br)c1.P. The first-order chi connectivity index (χ1) is 7.39. The van der Waals surface area contributed by atoms with E-state index in [1.54, 1.807) is 12.1 Å². The highest BCUT2D eigenvalue weighted by Gasteiger charge is 2.30. The van der Waals surface area contributed by atoms with Crippen LogP contribution in [0.4, 0.5) is 0 Å². The second kappa shape index (κ2) is 6.47. The van der Waals surface area contributed by atoms with Crippen LogP contribution >= 0.6 is 25.8 Å². The van der Waals surface area contributed by atoms with Gasteiger partial charge in [0.05, 0.1) is 12.0 Å². The number of hydrogen-bond donors (Lipinski definition) is 0. The summed E-state index contributed by atoms with van der Waals surface area (Å²) < 4.78 is 29.0. The van der Waals surface area contributed by atoms with Crippen molar-refractivity contribution < 1.29 is 17.9 Å². The van der Waals surface area contributed by atoms with E-state index < -0.39 is 21.1 Å². The topological polar surface area (TPSA) is 60.4 Å². The molecule has 0 spiro atoms. The molecular formula is C10H14BrO4PS. The average Bonchev–Trinajstić information content (AvgIpc) is 2.27. The third kappa shape index (κ3) is 3.76. The van der Waals surface area contributed by atoms with Gasteiger partial charge < -0.3 is 4.74 Å². The summed E-state index contributed by atoms with van der Waals surface area (Å²) in [6, 6.07) is 6.21. The second-order valence-corrected chi connectivity index (χ2v) is 6.35. The van der Waals surface area contributed by atoms with Crippen molar-refractivity contribution in [2.75, 3.05) is 7.11 Å². The van der Waals surface area contributed by atoms with E-state index in [1.165, 1.54) is 19.1 Å². The van der Waals surface area contributed by atoms with Gasteiger partial charge in [-0.1, -0.05) is 22.0 Å². The maximum atomic E-state index is 12.0. The maximum absolute atomic E-state index is 12.0. The Bertz CT molecular complexity index is 501. The third-order valence-corrected chi connectivity index (χ3v) is 4.65. The number of carbonyl (C=O) groups excluding carboxylic acids is 1. The largest absolute Gasteiger partial charge is 0.468 e. The molecule has 0 aliphatic carbocycles. The molecule has 0 N–H and O–H groups in total. The summed E-state index contributed by atoms with van der Waals surface area (Å²) >= 11 is 3.18. The smallest absolute Gasteiger partial charge is 0.324 e. The van der Waals surface area contributed by atoms with Crippen molar-refractivity contribution in [1.29, 1.82) is 0 Å². The monoisotopic (exact) mass is 340 g/mol. The lowest BCUT2D eigenvalue weighted by atomic mass is 10.4. The maximum Gasteiger partial charge on any atom is 0.324 e. The average molecular weight is 341 g/mol. The van der Waals surface area contributed by atoms with E-state index in [2.05, 4.69) is 20.7 Å². The van der Waals surface area contributed by atoms with Crippen LogP contribution < -0.4 is 0 Å². The Morgan fingerprint density at radius 2 is 2.00 bits per heavy atom. The number of sulfone groups is 1. The molecule has 0 fully saturated rings. The lowest BCUT2D eigenvalue weighted by molar-refractivity contribution is -0.139. The van der Waals surface area contributed by atoms with E-state index in [9.17, 15) is 13.2 Å². The fourth-order valence-electron chi connectivity index (χ4n) is 1.14. The first-order valence-electron chi connectivity index (χ1n) is 4.47. The number of ether oxygens (including phenoxy) is 1. The molecule has 2 unspecified atom stereocenters. The molecule has 1 aromatic carbocycles. The molecule has 7 heteroatoms. The van der Waals surface area contributed by atoms with Crippen molar-refractivity contribution >= 4 is 41.6 Å². The number of carbonyl (C=O) groups is 1. The molecule has 0 heterocycles. The molecule has 17 heavy (non-hydrogen) atoms. The highest BCUT2D eigenvalue weighted by Crippen LogP contribution is 2.20. The van der Waals surface area contributed by atoms with Gasteiger partial charge in [-0.05, 0) is 25.1 Å². The first-order valence-corrected chi connectivity index (χ1v) is 6.81. The summed E-state index contributed by atoms with van der Waals surface area (Å²) in [5.41, 5.74) is 0. The number of methoxy groups -OCH3 is 1. The highest BCUT2D eigenvalue weighted by molar-refractivity contribution is 9.10.